The molecule has 4 heteroatoms. The van der Waals surface area contributed by atoms with Crippen LogP contribution in [0.15, 0.2) is 0 Å². The Balaban J connectivity index is 2.45. The number of halogens is 2. The molecule has 0 aromatic rings. The van der Waals surface area contributed by atoms with Crippen LogP contribution in [0.3, 0.4) is 0 Å². The summed E-state index contributed by atoms with van der Waals surface area (Å²) in [5, 5.41) is 2.26. The second kappa shape index (κ2) is 3.88. The molecule has 0 saturated carbocycles. The lowest BCUT2D eigenvalue weighted by Crippen LogP contribution is -2.26. The molecular weight excluding hydrogens is 284 g/mol. The van der Waals surface area contributed by atoms with Crippen molar-refractivity contribution >= 4 is 53.4 Å². The third-order valence-corrected chi connectivity index (χ3v) is 6.59. The summed E-state index contributed by atoms with van der Waals surface area (Å²) in [7, 11) is 3.97. The van der Waals surface area contributed by atoms with E-state index in [4.69, 9.17) is 0 Å². The smallest absolute Gasteiger partial charge is 0.0118 e. The van der Waals surface area contributed by atoms with Gasteiger partial charge in [-0.3, -0.25) is 0 Å². The van der Waals surface area contributed by atoms with Crippen LogP contribution in [0, 0.1) is 5.41 Å². The molecule has 0 aromatic heterocycles. The predicted molar refractivity (Wildman–Crippen MR) is 54.9 cm³/mol. The molecule has 54 valence electrons. The molecule has 1 fully saturated rings. The normalized spacial score (nSPS) is 24.7. The largest absolute Gasteiger partial charge is 0.0935 e. The Kier molecular flexibility index (Phi) is 3.78. The standard InChI is InChI=1S/C5H8Br2S2/c6-1-5(2-7)3-8-9-4-5/h1-4H2. The van der Waals surface area contributed by atoms with E-state index >= 15 is 0 Å². The molecule has 9 heavy (non-hydrogen) atoms. The highest BCUT2D eigenvalue weighted by Crippen LogP contribution is 2.44. The van der Waals surface area contributed by atoms with Crippen LogP contribution in [0.25, 0.3) is 0 Å². The van der Waals surface area contributed by atoms with Crippen molar-refractivity contribution in [3.8, 4) is 0 Å². The average Bonchev–Trinajstić information content (AvgIpc) is 2.36. The number of rotatable bonds is 2. The second-order valence-electron chi connectivity index (χ2n) is 2.29. The SMILES string of the molecule is BrCC1(CBr)CSSC1. The van der Waals surface area contributed by atoms with Crippen molar-refractivity contribution in [1.82, 2.24) is 0 Å². The maximum atomic E-state index is 3.54. The van der Waals surface area contributed by atoms with Gasteiger partial charge in [0.25, 0.3) is 0 Å². The van der Waals surface area contributed by atoms with Gasteiger partial charge in [0, 0.05) is 27.6 Å². The van der Waals surface area contributed by atoms with Crippen LogP contribution in [0.2, 0.25) is 0 Å². The Hall–Kier alpha value is 1.66. The summed E-state index contributed by atoms with van der Waals surface area (Å²) >= 11 is 7.07. The molecule has 0 aromatic carbocycles. The highest BCUT2D eigenvalue weighted by molar-refractivity contribution is 9.09. The molecule has 0 atom stereocenters. The summed E-state index contributed by atoms with van der Waals surface area (Å²) in [6.07, 6.45) is 0. The lowest BCUT2D eigenvalue weighted by atomic mass is 10.00. The Labute approximate surface area is 80.6 Å². The van der Waals surface area contributed by atoms with Crippen molar-refractivity contribution in [3.05, 3.63) is 0 Å². The molecular formula is C5H8Br2S2. The molecule has 0 spiro atoms. The minimum absolute atomic E-state index is 0.537. The summed E-state index contributed by atoms with van der Waals surface area (Å²) in [5.74, 6) is 2.57. The first kappa shape index (κ1) is 8.75. The zero-order valence-electron chi connectivity index (χ0n) is 4.90. The minimum atomic E-state index is 0.537. The second-order valence-corrected chi connectivity index (χ2v) is 5.88. The van der Waals surface area contributed by atoms with Gasteiger partial charge in [0.05, 0.1) is 0 Å². The van der Waals surface area contributed by atoms with E-state index in [1.165, 1.54) is 11.5 Å². The maximum absolute atomic E-state index is 3.54. The van der Waals surface area contributed by atoms with Crippen molar-refractivity contribution in [2.24, 2.45) is 5.41 Å². The summed E-state index contributed by atoms with van der Waals surface area (Å²) in [6.45, 7) is 0. The summed E-state index contributed by atoms with van der Waals surface area (Å²) < 4.78 is 0. The molecule has 1 heterocycles. The van der Waals surface area contributed by atoms with Gasteiger partial charge < -0.3 is 0 Å². The predicted octanol–water partition coefficient (Wildman–Crippen LogP) is 3.16. The lowest BCUT2D eigenvalue weighted by molar-refractivity contribution is 0.531. The molecule has 0 nitrogen and oxygen atoms in total. The van der Waals surface area contributed by atoms with Gasteiger partial charge in [-0.2, -0.15) is 0 Å². The number of alkyl halides is 2. The van der Waals surface area contributed by atoms with E-state index in [1.807, 2.05) is 21.6 Å². The zero-order chi connectivity index (χ0) is 6.74. The Morgan fingerprint density at radius 1 is 1.11 bits per heavy atom. The minimum Gasteiger partial charge on any atom is -0.0935 e. The van der Waals surface area contributed by atoms with E-state index in [9.17, 15) is 0 Å². The molecule has 0 bridgehead atoms. The van der Waals surface area contributed by atoms with Crippen LogP contribution in [0.5, 0.6) is 0 Å². The van der Waals surface area contributed by atoms with Gasteiger partial charge in [-0.05, 0) is 0 Å². The van der Waals surface area contributed by atoms with E-state index in [1.54, 1.807) is 0 Å². The molecule has 0 unspecified atom stereocenters. The molecule has 1 saturated heterocycles. The molecule has 1 rings (SSSR count). The first-order chi connectivity index (χ1) is 4.33. The van der Waals surface area contributed by atoms with Gasteiger partial charge in [-0.15, -0.1) is 0 Å². The fourth-order valence-corrected chi connectivity index (χ4v) is 6.74. The highest BCUT2D eigenvalue weighted by atomic mass is 79.9. The van der Waals surface area contributed by atoms with Crippen LogP contribution >= 0.6 is 53.4 Å². The van der Waals surface area contributed by atoms with Crippen molar-refractivity contribution in [2.75, 3.05) is 22.2 Å². The molecule has 1 aliphatic heterocycles. The fourth-order valence-electron chi connectivity index (χ4n) is 0.565. The van der Waals surface area contributed by atoms with Crippen molar-refractivity contribution < 1.29 is 0 Å². The zero-order valence-corrected chi connectivity index (χ0v) is 9.71. The van der Waals surface area contributed by atoms with Crippen LogP contribution in [0.4, 0.5) is 0 Å². The van der Waals surface area contributed by atoms with Gasteiger partial charge in [0.15, 0.2) is 0 Å². The monoisotopic (exact) mass is 290 g/mol. The Morgan fingerprint density at radius 2 is 1.56 bits per heavy atom. The first-order valence-corrected chi connectivity index (χ1v) is 7.42. The van der Waals surface area contributed by atoms with Crippen molar-refractivity contribution in [2.45, 2.75) is 0 Å². The van der Waals surface area contributed by atoms with E-state index < -0.39 is 0 Å². The number of hydrogen-bond acceptors (Lipinski definition) is 2. The summed E-state index contributed by atoms with van der Waals surface area (Å²) in [5.41, 5.74) is 0.537. The quantitative estimate of drug-likeness (QED) is 0.566. The molecule has 1 aliphatic rings. The maximum Gasteiger partial charge on any atom is 0.0118 e. The summed E-state index contributed by atoms with van der Waals surface area (Å²) in [6, 6.07) is 0. The lowest BCUT2D eigenvalue weighted by Gasteiger charge is -2.20. The highest BCUT2D eigenvalue weighted by Gasteiger charge is 2.32. The van der Waals surface area contributed by atoms with Gasteiger partial charge in [-0.1, -0.05) is 53.4 Å². The Bertz CT molecular complexity index is 85.0. The van der Waals surface area contributed by atoms with E-state index in [2.05, 4.69) is 31.9 Å². The van der Waals surface area contributed by atoms with Gasteiger partial charge in [0.1, 0.15) is 0 Å². The van der Waals surface area contributed by atoms with Gasteiger partial charge in [-0.25, -0.2) is 0 Å². The van der Waals surface area contributed by atoms with Crippen LogP contribution in [-0.2, 0) is 0 Å². The van der Waals surface area contributed by atoms with Crippen molar-refractivity contribution in [1.29, 1.82) is 0 Å². The van der Waals surface area contributed by atoms with Crippen LogP contribution in [0.1, 0.15) is 0 Å². The summed E-state index contributed by atoms with van der Waals surface area (Å²) in [4.78, 5) is 0. The van der Waals surface area contributed by atoms with E-state index in [0.29, 0.717) is 5.41 Å². The molecule has 0 N–H and O–H groups in total. The number of hydrogen-bond donors (Lipinski definition) is 0. The van der Waals surface area contributed by atoms with Crippen molar-refractivity contribution in [3.63, 3.8) is 0 Å². The third kappa shape index (κ3) is 2.04. The average molecular weight is 292 g/mol. The van der Waals surface area contributed by atoms with Crippen LogP contribution in [-0.4, -0.2) is 22.2 Å². The Morgan fingerprint density at radius 3 is 1.78 bits per heavy atom. The molecule has 0 amide bonds. The van der Waals surface area contributed by atoms with Gasteiger partial charge in [0.2, 0.25) is 0 Å². The topological polar surface area (TPSA) is 0 Å². The molecule has 0 radical (unpaired) electrons. The van der Waals surface area contributed by atoms with E-state index in [0.717, 1.165) is 10.7 Å². The fraction of sp³-hybridized carbons (Fsp3) is 1.00. The van der Waals surface area contributed by atoms with Gasteiger partial charge >= 0.3 is 0 Å². The molecule has 0 aliphatic carbocycles. The van der Waals surface area contributed by atoms with Crippen LogP contribution < -0.4 is 0 Å². The first-order valence-electron chi connectivity index (χ1n) is 2.69. The van der Waals surface area contributed by atoms with E-state index in [-0.39, 0.29) is 0 Å². The third-order valence-electron chi connectivity index (χ3n) is 1.38.